The van der Waals surface area contributed by atoms with Gasteiger partial charge in [-0.1, -0.05) is 13.3 Å². The molecule has 2 heterocycles. The normalized spacial score (nSPS) is 42.9. The predicted octanol–water partition coefficient (Wildman–Crippen LogP) is 1.71. The van der Waals surface area contributed by atoms with Gasteiger partial charge in [0.05, 0.1) is 12.2 Å². The van der Waals surface area contributed by atoms with Crippen LogP contribution in [-0.4, -0.2) is 31.2 Å². The first kappa shape index (κ1) is 9.44. The summed E-state index contributed by atoms with van der Waals surface area (Å²) in [5, 5.41) is 0. The van der Waals surface area contributed by atoms with E-state index in [0.29, 0.717) is 12.2 Å². The lowest BCUT2D eigenvalue weighted by atomic mass is 10.1. The van der Waals surface area contributed by atoms with Gasteiger partial charge in [-0.05, 0) is 13.3 Å². The molecule has 2 saturated heterocycles. The zero-order chi connectivity index (χ0) is 9.26. The summed E-state index contributed by atoms with van der Waals surface area (Å²) < 4.78 is 16.6. The van der Waals surface area contributed by atoms with Crippen molar-refractivity contribution < 1.29 is 14.2 Å². The molecule has 13 heavy (non-hydrogen) atoms. The third-order valence-electron chi connectivity index (χ3n) is 2.68. The van der Waals surface area contributed by atoms with Gasteiger partial charge >= 0.3 is 0 Å². The van der Waals surface area contributed by atoms with E-state index in [-0.39, 0.29) is 12.4 Å². The third-order valence-corrected chi connectivity index (χ3v) is 2.68. The molecule has 0 N–H and O–H groups in total. The van der Waals surface area contributed by atoms with Gasteiger partial charge in [0, 0.05) is 13.0 Å². The Balaban J connectivity index is 1.68. The molecular weight excluding hydrogens is 168 g/mol. The van der Waals surface area contributed by atoms with Crippen LogP contribution >= 0.6 is 0 Å². The highest BCUT2D eigenvalue weighted by atomic mass is 16.7. The fourth-order valence-corrected chi connectivity index (χ4v) is 1.79. The molecule has 0 aliphatic carbocycles. The van der Waals surface area contributed by atoms with Crippen LogP contribution in [0.3, 0.4) is 0 Å². The first-order valence-electron chi connectivity index (χ1n) is 5.23. The minimum atomic E-state index is -0.0229. The van der Waals surface area contributed by atoms with Crippen molar-refractivity contribution in [1.82, 2.24) is 0 Å². The van der Waals surface area contributed by atoms with Crippen LogP contribution in [0.5, 0.6) is 0 Å². The fraction of sp³-hybridized carbons (Fsp3) is 1.00. The summed E-state index contributed by atoms with van der Waals surface area (Å²) in [5.74, 6) is 0. The Morgan fingerprint density at radius 3 is 2.92 bits per heavy atom. The van der Waals surface area contributed by atoms with Crippen LogP contribution in [0, 0.1) is 0 Å². The quantitative estimate of drug-likeness (QED) is 0.494. The average molecular weight is 186 g/mol. The maximum Gasteiger partial charge on any atom is 0.160 e. The lowest BCUT2D eigenvalue weighted by molar-refractivity contribution is -0.181. The lowest BCUT2D eigenvalue weighted by Gasteiger charge is -2.24. The standard InChI is InChI=1S/C10H18O3/c1-3-4-5-11-9-6-8-10(13-8)7(2)12-9/h7-10H,3-6H2,1-2H3/t7-,8+,9-,10-/m0/s1. The molecule has 2 aliphatic rings. The van der Waals surface area contributed by atoms with E-state index >= 15 is 0 Å². The molecule has 3 heteroatoms. The molecule has 2 fully saturated rings. The molecule has 0 radical (unpaired) electrons. The van der Waals surface area contributed by atoms with Gasteiger partial charge in [-0.3, -0.25) is 0 Å². The van der Waals surface area contributed by atoms with E-state index in [1.54, 1.807) is 0 Å². The van der Waals surface area contributed by atoms with Crippen molar-refractivity contribution in [3.63, 3.8) is 0 Å². The van der Waals surface area contributed by atoms with Gasteiger partial charge in [-0.15, -0.1) is 0 Å². The zero-order valence-corrected chi connectivity index (χ0v) is 8.36. The fourth-order valence-electron chi connectivity index (χ4n) is 1.79. The van der Waals surface area contributed by atoms with E-state index in [9.17, 15) is 0 Å². The van der Waals surface area contributed by atoms with Gasteiger partial charge in [0.1, 0.15) is 6.10 Å². The Labute approximate surface area is 79.4 Å². The molecule has 0 aromatic carbocycles. The first-order chi connectivity index (χ1) is 6.31. The van der Waals surface area contributed by atoms with Crippen LogP contribution in [0.2, 0.25) is 0 Å². The summed E-state index contributed by atoms with van der Waals surface area (Å²) in [6, 6.07) is 0. The van der Waals surface area contributed by atoms with Gasteiger partial charge in [0.25, 0.3) is 0 Å². The van der Waals surface area contributed by atoms with Crippen LogP contribution in [0.1, 0.15) is 33.1 Å². The number of rotatable bonds is 4. The summed E-state index contributed by atoms with van der Waals surface area (Å²) in [6.45, 7) is 5.03. The summed E-state index contributed by atoms with van der Waals surface area (Å²) in [4.78, 5) is 0. The van der Waals surface area contributed by atoms with E-state index in [2.05, 4.69) is 13.8 Å². The highest BCUT2D eigenvalue weighted by Gasteiger charge is 2.49. The second kappa shape index (κ2) is 3.95. The van der Waals surface area contributed by atoms with Crippen LogP contribution in [0.25, 0.3) is 0 Å². The number of fused-ring (bicyclic) bond motifs is 1. The molecule has 0 unspecified atom stereocenters. The predicted molar refractivity (Wildman–Crippen MR) is 48.5 cm³/mol. The van der Waals surface area contributed by atoms with Crippen LogP contribution in [-0.2, 0) is 14.2 Å². The number of hydrogen-bond acceptors (Lipinski definition) is 3. The molecule has 0 amide bonds. The monoisotopic (exact) mass is 186 g/mol. The molecule has 0 bridgehead atoms. The van der Waals surface area contributed by atoms with Gasteiger partial charge in [-0.25, -0.2) is 0 Å². The van der Waals surface area contributed by atoms with Gasteiger partial charge in [0.15, 0.2) is 6.29 Å². The first-order valence-corrected chi connectivity index (χ1v) is 5.23. The summed E-state index contributed by atoms with van der Waals surface area (Å²) in [5.41, 5.74) is 0. The number of ether oxygens (including phenoxy) is 3. The molecule has 2 aliphatic heterocycles. The molecule has 2 rings (SSSR count). The van der Waals surface area contributed by atoms with Gasteiger partial charge in [-0.2, -0.15) is 0 Å². The van der Waals surface area contributed by atoms with E-state index in [1.807, 2.05) is 0 Å². The van der Waals surface area contributed by atoms with Crippen LogP contribution in [0.15, 0.2) is 0 Å². The highest BCUT2D eigenvalue weighted by Crippen LogP contribution is 2.37. The molecule has 76 valence electrons. The smallest absolute Gasteiger partial charge is 0.160 e. The minimum Gasteiger partial charge on any atom is -0.367 e. The van der Waals surface area contributed by atoms with Crippen LogP contribution < -0.4 is 0 Å². The van der Waals surface area contributed by atoms with E-state index in [1.165, 1.54) is 6.42 Å². The Kier molecular flexibility index (Phi) is 2.86. The SMILES string of the molecule is CCCCO[C@@H]1C[C@H]2O[C@H]2[C@H](C)O1. The lowest BCUT2D eigenvalue weighted by Crippen LogP contribution is -2.33. The van der Waals surface area contributed by atoms with Crippen molar-refractivity contribution in [3.8, 4) is 0 Å². The Hall–Kier alpha value is -0.120. The summed E-state index contributed by atoms with van der Waals surface area (Å²) in [7, 11) is 0. The maximum atomic E-state index is 5.64. The molecule has 0 saturated carbocycles. The molecular formula is C10H18O3. The van der Waals surface area contributed by atoms with Crippen molar-refractivity contribution in [2.75, 3.05) is 6.61 Å². The second-order valence-corrected chi connectivity index (χ2v) is 3.87. The Morgan fingerprint density at radius 1 is 1.38 bits per heavy atom. The van der Waals surface area contributed by atoms with E-state index in [0.717, 1.165) is 19.4 Å². The van der Waals surface area contributed by atoms with Crippen molar-refractivity contribution in [2.45, 2.75) is 57.7 Å². The number of epoxide rings is 1. The maximum absolute atomic E-state index is 5.64. The van der Waals surface area contributed by atoms with Crippen LogP contribution in [0.4, 0.5) is 0 Å². The highest BCUT2D eigenvalue weighted by molar-refractivity contribution is 4.93. The summed E-state index contributed by atoms with van der Waals surface area (Å²) in [6.07, 6.45) is 4.16. The van der Waals surface area contributed by atoms with Crippen molar-refractivity contribution >= 4 is 0 Å². The van der Waals surface area contributed by atoms with Crippen molar-refractivity contribution in [3.05, 3.63) is 0 Å². The van der Waals surface area contributed by atoms with E-state index in [4.69, 9.17) is 14.2 Å². The molecule has 4 atom stereocenters. The van der Waals surface area contributed by atoms with Crippen molar-refractivity contribution in [2.24, 2.45) is 0 Å². The van der Waals surface area contributed by atoms with E-state index < -0.39 is 0 Å². The molecule has 0 aromatic heterocycles. The largest absolute Gasteiger partial charge is 0.367 e. The Bertz CT molecular complexity index is 172. The topological polar surface area (TPSA) is 31.0 Å². The zero-order valence-electron chi connectivity index (χ0n) is 8.36. The van der Waals surface area contributed by atoms with Gasteiger partial charge in [0.2, 0.25) is 0 Å². The second-order valence-electron chi connectivity index (χ2n) is 3.87. The Morgan fingerprint density at radius 2 is 2.23 bits per heavy atom. The number of unbranched alkanes of at least 4 members (excludes halogenated alkanes) is 1. The molecule has 0 spiro atoms. The van der Waals surface area contributed by atoms with Crippen molar-refractivity contribution in [1.29, 1.82) is 0 Å². The molecule has 3 nitrogen and oxygen atoms in total. The third kappa shape index (κ3) is 2.22. The minimum absolute atomic E-state index is 0.0229. The van der Waals surface area contributed by atoms with Gasteiger partial charge < -0.3 is 14.2 Å². The average Bonchev–Trinajstić information content (AvgIpc) is 2.84. The summed E-state index contributed by atoms with van der Waals surface area (Å²) >= 11 is 0. The number of hydrogen-bond donors (Lipinski definition) is 0. The molecule has 0 aromatic rings.